The predicted octanol–water partition coefficient (Wildman–Crippen LogP) is 5.30. The van der Waals surface area contributed by atoms with Crippen LogP contribution in [0.3, 0.4) is 0 Å². The van der Waals surface area contributed by atoms with Crippen LogP contribution < -0.4 is 14.8 Å². The molecule has 0 spiro atoms. The first-order valence-corrected chi connectivity index (χ1v) is 14.9. The molecule has 0 atom stereocenters. The highest BCUT2D eigenvalue weighted by Gasteiger charge is 2.32. The largest absolute Gasteiger partial charge is 0.416 e. The number of halogens is 3. The van der Waals surface area contributed by atoms with Gasteiger partial charge in [-0.2, -0.15) is 13.2 Å². The second-order valence-electron chi connectivity index (χ2n) is 8.05. The first-order chi connectivity index (χ1) is 18.3. The van der Waals surface area contributed by atoms with Gasteiger partial charge >= 0.3 is 6.18 Å². The van der Waals surface area contributed by atoms with E-state index in [1.165, 1.54) is 36.4 Å². The molecule has 0 aliphatic rings. The van der Waals surface area contributed by atoms with Crippen LogP contribution in [0.5, 0.6) is 0 Å². The van der Waals surface area contributed by atoms with Gasteiger partial charge in [0.1, 0.15) is 4.21 Å². The third-order valence-corrected chi connectivity index (χ3v) is 9.55. The smallest absolute Gasteiger partial charge is 0.347 e. The summed E-state index contributed by atoms with van der Waals surface area (Å²) in [5, 5.41) is 2.70. The van der Waals surface area contributed by atoms with Crippen molar-refractivity contribution < 1.29 is 34.8 Å². The van der Waals surface area contributed by atoms with E-state index in [1.807, 2.05) is 0 Å². The number of carbonyl (C=O) groups is 1. The van der Waals surface area contributed by atoms with Crippen molar-refractivity contribution in [2.75, 3.05) is 9.44 Å². The van der Waals surface area contributed by atoms with Crippen LogP contribution in [0.2, 0.25) is 0 Å². The van der Waals surface area contributed by atoms with Crippen LogP contribution in [-0.2, 0) is 32.8 Å². The van der Waals surface area contributed by atoms with Gasteiger partial charge in [-0.25, -0.2) is 16.8 Å². The van der Waals surface area contributed by atoms with E-state index in [1.54, 1.807) is 30.3 Å². The molecule has 204 valence electrons. The monoisotopic (exact) mass is 595 g/mol. The molecule has 1 heterocycles. The summed E-state index contributed by atoms with van der Waals surface area (Å²) in [5.74, 6) is -0.325. The van der Waals surface area contributed by atoms with E-state index in [0.717, 1.165) is 29.5 Å². The molecule has 3 aromatic carbocycles. The van der Waals surface area contributed by atoms with Gasteiger partial charge in [-0.1, -0.05) is 36.4 Å². The molecule has 0 radical (unpaired) electrons. The Kier molecular flexibility index (Phi) is 7.99. The number of hydrogen-bond acceptors (Lipinski definition) is 6. The molecule has 0 unspecified atom stereocenters. The second kappa shape index (κ2) is 11.1. The SMILES string of the molecule is O=C(NCc1ccc(S(=O)(=O)Nc2ccccc2NS(=O)(=O)c2cccc(C(F)(F)F)c2)s1)c1ccccc1. The van der Waals surface area contributed by atoms with Crippen molar-refractivity contribution >= 4 is 48.7 Å². The van der Waals surface area contributed by atoms with Gasteiger partial charge in [-0.15, -0.1) is 11.3 Å². The molecule has 0 fully saturated rings. The summed E-state index contributed by atoms with van der Waals surface area (Å²) in [7, 11) is -8.68. The molecule has 1 aromatic heterocycles. The van der Waals surface area contributed by atoms with Crippen LogP contribution in [0.1, 0.15) is 20.8 Å². The Morgan fingerprint density at radius 3 is 2.00 bits per heavy atom. The maximum atomic E-state index is 13.0. The van der Waals surface area contributed by atoms with Crippen LogP contribution in [0.4, 0.5) is 24.5 Å². The summed E-state index contributed by atoms with van der Waals surface area (Å²) in [6, 6.07) is 20.0. The van der Waals surface area contributed by atoms with Crippen molar-refractivity contribution in [3.63, 3.8) is 0 Å². The number of amides is 1. The highest BCUT2D eigenvalue weighted by molar-refractivity contribution is 7.94. The summed E-state index contributed by atoms with van der Waals surface area (Å²) >= 11 is 0.906. The molecule has 0 saturated heterocycles. The first kappa shape index (κ1) is 28.1. The summed E-state index contributed by atoms with van der Waals surface area (Å²) in [4.78, 5) is 12.1. The number of sulfonamides is 2. The lowest BCUT2D eigenvalue weighted by molar-refractivity contribution is -0.137. The average Bonchev–Trinajstić information content (AvgIpc) is 3.39. The third-order valence-electron chi connectivity index (χ3n) is 5.25. The standard InChI is InChI=1S/C25H20F3N3O5S3/c26-25(27,28)18-9-6-10-20(15-18)38(33,34)30-21-11-4-5-12-22(21)31-39(35,36)23-14-13-19(37-23)16-29-24(32)17-7-2-1-3-8-17/h1-15,30-31H,16H2,(H,29,32). The summed E-state index contributed by atoms with van der Waals surface area (Å²) in [6.07, 6.45) is -4.75. The Balaban J connectivity index is 1.50. The van der Waals surface area contributed by atoms with E-state index in [4.69, 9.17) is 0 Å². The Labute approximate surface area is 226 Å². The van der Waals surface area contributed by atoms with Crippen molar-refractivity contribution in [1.82, 2.24) is 5.32 Å². The summed E-state index contributed by atoms with van der Waals surface area (Å²) in [6.45, 7) is 0.0846. The number of carbonyl (C=O) groups excluding carboxylic acids is 1. The van der Waals surface area contributed by atoms with Crippen LogP contribution >= 0.6 is 11.3 Å². The number of thiophene rings is 1. The number of para-hydroxylation sites is 2. The number of alkyl halides is 3. The molecule has 14 heteroatoms. The van der Waals surface area contributed by atoms with Crippen molar-refractivity contribution in [2.24, 2.45) is 0 Å². The zero-order chi connectivity index (χ0) is 28.3. The van der Waals surface area contributed by atoms with E-state index in [-0.39, 0.29) is 28.0 Å². The van der Waals surface area contributed by atoms with E-state index in [0.29, 0.717) is 16.5 Å². The minimum absolute atomic E-state index is 0.0846. The molecule has 8 nitrogen and oxygen atoms in total. The molecule has 3 N–H and O–H groups in total. The summed E-state index contributed by atoms with van der Waals surface area (Å²) < 4.78 is 95.2. The van der Waals surface area contributed by atoms with Crippen molar-refractivity contribution in [2.45, 2.75) is 21.8 Å². The molecule has 4 rings (SSSR count). The number of nitrogens with one attached hydrogen (secondary N) is 3. The minimum atomic E-state index is -4.75. The van der Waals surface area contributed by atoms with Crippen LogP contribution in [0.15, 0.2) is 100 Å². The minimum Gasteiger partial charge on any atom is -0.347 e. The van der Waals surface area contributed by atoms with Gasteiger partial charge in [-0.3, -0.25) is 14.2 Å². The molecule has 39 heavy (non-hydrogen) atoms. The van der Waals surface area contributed by atoms with Gasteiger partial charge in [0, 0.05) is 10.4 Å². The Hall–Kier alpha value is -3.88. The lowest BCUT2D eigenvalue weighted by Crippen LogP contribution is -2.22. The number of anilines is 2. The Morgan fingerprint density at radius 1 is 0.744 bits per heavy atom. The van der Waals surface area contributed by atoms with Gasteiger partial charge in [0.2, 0.25) is 0 Å². The maximum Gasteiger partial charge on any atom is 0.416 e. The van der Waals surface area contributed by atoms with Gasteiger partial charge in [0.25, 0.3) is 26.0 Å². The van der Waals surface area contributed by atoms with Gasteiger partial charge in [0.05, 0.1) is 28.4 Å². The van der Waals surface area contributed by atoms with Crippen LogP contribution in [-0.4, -0.2) is 22.7 Å². The van der Waals surface area contributed by atoms with E-state index >= 15 is 0 Å². The fourth-order valence-corrected chi connectivity index (χ4v) is 6.86. The molecule has 4 aromatic rings. The van der Waals surface area contributed by atoms with Gasteiger partial charge in [-0.05, 0) is 54.6 Å². The Morgan fingerprint density at radius 2 is 1.36 bits per heavy atom. The van der Waals surface area contributed by atoms with Crippen molar-refractivity contribution in [1.29, 1.82) is 0 Å². The van der Waals surface area contributed by atoms with Crippen molar-refractivity contribution in [3.8, 4) is 0 Å². The molecule has 0 aliphatic heterocycles. The quantitative estimate of drug-likeness (QED) is 0.243. The molecule has 0 bridgehead atoms. The highest BCUT2D eigenvalue weighted by Crippen LogP contribution is 2.32. The number of rotatable bonds is 9. The average molecular weight is 596 g/mol. The van der Waals surface area contributed by atoms with Crippen LogP contribution in [0, 0.1) is 0 Å². The van der Waals surface area contributed by atoms with E-state index < -0.39 is 36.7 Å². The zero-order valence-corrected chi connectivity index (χ0v) is 22.2. The third kappa shape index (κ3) is 6.96. The Bertz CT molecular complexity index is 1710. The zero-order valence-electron chi connectivity index (χ0n) is 19.8. The molecule has 1 amide bonds. The molecule has 0 saturated carbocycles. The number of benzene rings is 3. The van der Waals surface area contributed by atoms with Crippen LogP contribution in [0.25, 0.3) is 0 Å². The normalized spacial score (nSPS) is 12.1. The predicted molar refractivity (Wildman–Crippen MR) is 141 cm³/mol. The highest BCUT2D eigenvalue weighted by atomic mass is 32.2. The van der Waals surface area contributed by atoms with E-state index in [9.17, 15) is 34.8 Å². The lowest BCUT2D eigenvalue weighted by Gasteiger charge is -2.15. The first-order valence-electron chi connectivity index (χ1n) is 11.1. The molecule has 0 aliphatic carbocycles. The summed E-state index contributed by atoms with van der Waals surface area (Å²) in [5.41, 5.74) is -1.02. The van der Waals surface area contributed by atoms with Gasteiger partial charge < -0.3 is 5.32 Å². The fraction of sp³-hybridized carbons (Fsp3) is 0.0800. The lowest BCUT2D eigenvalue weighted by atomic mass is 10.2. The van der Waals surface area contributed by atoms with Gasteiger partial charge in [0.15, 0.2) is 0 Å². The second-order valence-corrected chi connectivity index (χ2v) is 12.8. The fourth-order valence-electron chi connectivity index (χ4n) is 3.36. The van der Waals surface area contributed by atoms with Crippen molar-refractivity contribution in [3.05, 3.63) is 107 Å². The topological polar surface area (TPSA) is 121 Å². The van der Waals surface area contributed by atoms with E-state index in [2.05, 4.69) is 14.8 Å². The molecular weight excluding hydrogens is 575 g/mol. The maximum absolute atomic E-state index is 13.0. The number of hydrogen-bond donors (Lipinski definition) is 3. The molecular formula is C25H20F3N3O5S3.